The maximum absolute atomic E-state index is 13.0. The standard InChI is InChI=1S/C27H24N4O3/c1-17-11-13-19(14-12-17)16-30-23-10-6-5-9-22(23)29-24(30)15-28-25(32)18(2)31-26(33)20-7-3-4-8-21(20)27(31)34/h3-14,18H,15-16H2,1-2H3,(H,28,32). The Morgan fingerprint density at radius 3 is 2.21 bits per heavy atom. The van der Waals surface area contributed by atoms with Crippen LogP contribution in [0.1, 0.15) is 44.6 Å². The van der Waals surface area contributed by atoms with Gasteiger partial charge in [-0.15, -0.1) is 0 Å². The van der Waals surface area contributed by atoms with Crippen molar-refractivity contribution in [3.05, 3.63) is 101 Å². The fourth-order valence-electron chi connectivity index (χ4n) is 4.30. The lowest BCUT2D eigenvalue weighted by atomic mass is 10.1. The van der Waals surface area contributed by atoms with Crippen molar-refractivity contribution in [1.29, 1.82) is 0 Å². The molecule has 1 N–H and O–H groups in total. The Hall–Kier alpha value is -4.26. The molecule has 3 aromatic carbocycles. The molecule has 3 amide bonds. The number of amides is 3. The molecule has 0 bridgehead atoms. The van der Waals surface area contributed by atoms with Gasteiger partial charge in [0.1, 0.15) is 11.9 Å². The van der Waals surface area contributed by atoms with Crippen LogP contribution >= 0.6 is 0 Å². The third-order valence-corrected chi connectivity index (χ3v) is 6.21. The number of aromatic nitrogens is 2. The zero-order valence-corrected chi connectivity index (χ0v) is 19.0. The number of hydrogen-bond acceptors (Lipinski definition) is 4. The molecule has 0 radical (unpaired) electrons. The monoisotopic (exact) mass is 452 g/mol. The van der Waals surface area contributed by atoms with Gasteiger partial charge in [0.05, 0.1) is 28.7 Å². The van der Waals surface area contributed by atoms with E-state index in [2.05, 4.69) is 34.1 Å². The number of fused-ring (bicyclic) bond motifs is 2. The summed E-state index contributed by atoms with van der Waals surface area (Å²) >= 11 is 0. The number of imide groups is 1. The first-order valence-electron chi connectivity index (χ1n) is 11.2. The van der Waals surface area contributed by atoms with Crippen LogP contribution in [0, 0.1) is 6.92 Å². The van der Waals surface area contributed by atoms with Crippen LogP contribution in [0.5, 0.6) is 0 Å². The number of nitrogens with one attached hydrogen (secondary N) is 1. The van der Waals surface area contributed by atoms with Crippen LogP contribution in [0.2, 0.25) is 0 Å². The molecule has 4 aromatic rings. The second kappa shape index (κ2) is 8.59. The molecular weight excluding hydrogens is 428 g/mol. The Bertz CT molecular complexity index is 1390. The summed E-state index contributed by atoms with van der Waals surface area (Å²) in [6.45, 7) is 4.39. The number of aryl methyl sites for hydroxylation is 1. The number of carbonyl (C=O) groups excluding carboxylic acids is 3. The largest absolute Gasteiger partial charge is 0.347 e. The Labute approximate surface area is 197 Å². The molecule has 2 heterocycles. The second-order valence-electron chi connectivity index (χ2n) is 8.51. The molecular formula is C27H24N4O3. The molecule has 1 unspecified atom stereocenters. The van der Waals surface area contributed by atoms with Gasteiger partial charge in [0, 0.05) is 6.54 Å². The molecule has 1 aliphatic rings. The van der Waals surface area contributed by atoms with E-state index in [-0.39, 0.29) is 6.54 Å². The number of hydrogen-bond donors (Lipinski definition) is 1. The zero-order valence-electron chi connectivity index (χ0n) is 19.0. The Morgan fingerprint density at radius 2 is 1.53 bits per heavy atom. The van der Waals surface area contributed by atoms with E-state index < -0.39 is 23.8 Å². The first-order chi connectivity index (χ1) is 16.4. The van der Waals surface area contributed by atoms with Crippen molar-refractivity contribution < 1.29 is 14.4 Å². The van der Waals surface area contributed by atoms with Gasteiger partial charge in [0.2, 0.25) is 5.91 Å². The molecule has 170 valence electrons. The smallest absolute Gasteiger partial charge is 0.262 e. The summed E-state index contributed by atoms with van der Waals surface area (Å²) in [5, 5.41) is 2.87. The van der Waals surface area contributed by atoms with E-state index in [1.54, 1.807) is 31.2 Å². The minimum absolute atomic E-state index is 0.173. The predicted molar refractivity (Wildman–Crippen MR) is 128 cm³/mol. The normalized spacial score (nSPS) is 13.9. The van der Waals surface area contributed by atoms with Gasteiger partial charge in [-0.1, -0.05) is 54.1 Å². The van der Waals surface area contributed by atoms with Gasteiger partial charge in [-0.05, 0) is 43.7 Å². The zero-order chi connectivity index (χ0) is 23.8. The van der Waals surface area contributed by atoms with Crippen LogP contribution in [0.3, 0.4) is 0 Å². The first kappa shape index (κ1) is 21.6. The lowest BCUT2D eigenvalue weighted by molar-refractivity contribution is -0.124. The van der Waals surface area contributed by atoms with Crippen molar-refractivity contribution in [3.63, 3.8) is 0 Å². The van der Waals surface area contributed by atoms with Crippen LogP contribution in [-0.4, -0.2) is 38.2 Å². The van der Waals surface area contributed by atoms with Crippen molar-refractivity contribution >= 4 is 28.8 Å². The lowest BCUT2D eigenvalue weighted by Gasteiger charge is -2.21. The molecule has 0 saturated carbocycles. The summed E-state index contributed by atoms with van der Waals surface area (Å²) < 4.78 is 2.08. The predicted octanol–water partition coefficient (Wildman–Crippen LogP) is 3.69. The van der Waals surface area contributed by atoms with Gasteiger partial charge in [-0.2, -0.15) is 0 Å². The van der Waals surface area contributed by atoms with E-state index in [0.29, 0.717) is 23.5 Å². The van der Waals surface area contributed by atoms with Crippen LogP contribution < -0.4 is 5.32 Å². The molecule has 0 saturated heterocycles. The molecule has 7 heteroatoms. The quantitative estimate of drug-likeness (QED) is 0.452. The highest BCUT2D eigenvalue weighted by Crippen LogP contribution is 2.24. The average molecular weight is 453 g/mol. The molecule has 1 atom stereocenters. The van der Waals surface area contributed by atoms with E-state index in [1.807, 2.05) is 31.2 Å². The third kappa shape index (κ3) is 3.75. The number of para-hydroxylation sites is 2. The number of rotatable bonds is 6. The molecule has 0 aliphatic carbocycles. The topological polar surface area (TPSA) is 84.3 Å². The van der Waals surface area contributed by atoms with E-state index >= 15 is 0 Å². The highest BCUT2D eigenvalue weighted by atomic mass is 16.2. The Morgan fingerprint density at radius 1 is 0.912 bits per heavy atom. The fraction of sp³-hybridized carbons (Fsp3) is 0.185. The molecule has 7 nitrogen and oxygen atoms in total. The van der Waals surface area contributed by atoms with Gasteiger partial charge in [0.15, 0.2) is 0 Å². The van der Waals surface area contributed by atoms with Crippen LogP contribution in [0.15, 0.2) is 72.8 Å². The van der Waals surface area contributed by atoms with Gasteiger partial charge in [-0.3, -0.25) is 19.3 Å². The second-order valence-corrected chi connectivity index (χ2v) is 8.51. The van der Waals surface area contributed by atoms with Crippen molar-refractivity contribution in [2.24, 2.45) is 0 Å². The Kier molecular flexibility index (Phi) is 5.45. The number of benzene rings is 3. The number of nitrogens with zero attached hydrogens (tertiary/aromatic N) is 3. The van der Waals surface area contributed by atoms with Crippen molar-refractivity contribution in [3.8, 4) is 0 Å². The highest BCUT2D eigenvalue weighted by Gasteiger charge is 2.40. The highest BCUT2D eigenvalue weighted by molar-refractivity contribution is 6.22. The van der Waals surface area contributed by atoms with Gasteiger partial charge < -0.3 is 9.88 Å². The maximum atomic E-state index is 13.0. The summed E-state index contributed by atoms with van der Waals surface area (Å²) in [4.78, 5) is 44.2. The van der Waals surface area contributed by atoms with Crippen molar-refractivity contribution in [2.45, 2.75) is 33.0 Å². The van der Waals surface area contributed by atoms with E-state index in [4.69, 9.17) is 4.98 Å². The van der Waals surface area contributed by atoms with Crippen molar-refractivity contribution in [2.75, 3.05) is 0 Å². The molecule has 5 rings (SSSR count). The number of carbonyl (C=O) groups is 3. The third-order valence-electron chi connectivity index (χ3n) is 6.21. The van der Waals surface area contributed by atoms with Crippen molar-refractivity contribution in [1.82, 2.24) is 19.8 Å². The van der Waals surface area contributed by atoms with Crippen LogP contribution in [-0.2, 0) is 17.9 Å². The summed E-state index contributed by atoms with van der Waals surface area (Å²) in [7, 11) is 0. The Balaban J connectivity index is 1.36. The molecule has 34 heavy (non-hydrogen) atoms. The van der Waals surface area contributed by atoms with Gasteiger partial charge in [-0.25, -0.2) is 4.98 Å². The van der Waals surface area contributed by atoms with E-state index in [9.17, 15) is 14.4 Å². The summed E-state index contributed by atoms with van der Waals surface area (Å²) in [6, 6.07) is 21.8. The fourth-order valence-corrected chi connectivity index (χ4v) is 4.30. The van der Waals surface area contributed by atoms with Gasteiger partial charge >= 0.3 is 0 Å². The summed E-state index contributed by atoms with van der Waals surface area (Å²) in [6.07, 6.45) is 0. The molecule has 1 aromatic heterocycles. The minimum atomic E-state index is -0.942. The van der Waals surface area contributed by atoms with Gasteiger partial charge in [0.25, 0.3) is 11.8 Å². The molecule has 0 spiro atoms. The van der Waals surface area contributed by atoms with Crippen LogP contribution in [0.4, 0.5) is 0 Å². The average Bonchev–Trinajstić information content (AvgIpc) is 3.33. The summed E-state index contributed by atoms with van der Waals surface area (Å²) in [5.41, 5.74) is 4.78. The minimum Gasteiger partial charge on any atom is -0.347 e. The SMILES string of the molecule is Cc1ccc(Cn2c(CNC(=O)C(C)N3C(=O)c4ccccc4C3=O)nc3ccccc32)cc1. The van der Waals surface area contributed by atoms with E-state index in [1.165, 1.54) is 5.56 Å². The molecule has 1 aliphatic heterocycles. The lowest BCUT2D eigenvalue weighted by Crippen LogP contribution is -2.47. The number of imidazole rings is 1. The molecule has 0 fully saturated rings. The van der Waals surface area contributed by atoms with Crippen LogP contribution in [0.25, 0.3) is 11.0 Å². The van der Waals surface area contributed by atoms with E-state index in [0.717, 1.165) is 21.5 Å². The summed E-state index contributed by atoms with van der Waals surface area (Å²) in [5.74, 6) is -0.613. The first-order valence-corrected chi connectivity index (χ1v) is 11.2. The maximum Gasteiger partial charge on any atom is 0.262 e.